The first-order valence-electron chi connectivity index (χ1n) is 14.4. The second kappa shape index (κ2) is 18.3. The highest BCUT2D eigenvalue weighted by atomic mass is 16.6. The van der Waals surface area contributed by atoms with Gasteiger partial charge in [-0.25, -0.2) is 14.4 Å². The Morgan fingerprint density at radius 3 is 1.82 bits per heavy atom. The standard InChI is InChI=1S/C35H36O10/c1-4-32(36)43-21-7-6-20-41-29-14-8-26(9-15-29)27-10-18-31(19-11-27)45-35(39)28-12-16-30(17-13-28)42-22-23-44-34(38)25(3)24-33(37)40-5-2/h4,8-19H,1,3,5-7,20-24H2,2H3. The van der Waals surface area contributed by atoms with Crippen LogP contribution in [0.2, 0.25) is 0 Å². The summed E-state index contributed by atoms with van der Waals surface area (Å²) >= 11 is 0. The van der Waals surface area contributed by atoms with Crippen LogP contribution in [0.25, 0.3) is 11.1 Å². The second-order valence-corrected chi connectivity index (χ2v) is 9.46. The molecule has 10 nitrogen and oxygen atoms in total. The largest absolute Gasteiger partial charge is 0.494 e. The summed E-state index contributed by atoms with van der Waals surface area (Å²) in [6, 6.07) is 21.2. The minimum absolute atomic E-state index is 0.00120. The molecule has 0 aromatic heterocycles. The molecule has 0 saturated heterocycles. The molecule has 0 saturated carbocycles. The maximum atomic E-state index is 12.6. The predicted molar refractivity (Wildman–Crippen MR) is 166 cm³/mol. The van der Waals surface area contributed by atoms with Crippen LogP contribution in [-0.4, -0.2) is 56.9 Å². The molecule has 0 atom stereocenters. The smallest absolute Gasteiger partial charge is 0.343 e. The lowest BCUT2D eigenvalue weighted by molar-refractivity contribution is -0.146. The van der Waals surface area contributed by atoms with E-state index in [2.05, 4.69) is 13.2 Å². The van der Waals surface area contributed by atoms with E-state index in [1.807, 2.05) is 36.4 Å². The van der Waals surface area contributed by atoms with Crippen LogP contribution in [0.15, 0.2) is 97.6 Å². The van der Waals surface area contributed by atoms with Crippen molar-refractivity contribution in [3.05, 3.63) is 103 Å². The molecule has 3 aromatic carbocycles. The second-order valence-electron chi connectivity index (χ2n) is 9.46. The lowest BCUT2D eigenvalue weighted by atomic mass is 10.1. The predicted octanol–water partition coefficient (Wildman–Crippen LogP) is 5.89. The SMILES string of the molecule is C=CC(=O)OCCCCOc1ccc(-c2ccc(OC(=O)c3ccc(OCCOC(=O)C(=C)CC(=O)OCC)cc3)cc2)cc1. The van der Waals surface area contributed by atoms with Crippen molar-refractivity contribution in [3.63, 3.8) is 0 Å². The molecular weight excluding hydrogens is 580 g/mol. The van der Waals surface area contributed by atoms with Crippen LogP contribution in [0, 0.1) is 0 Å². The average Bonchev–Trinajstić information content (AvgIpc) is 3.05. The van der Waals surface area contributed by atoms with E-state index in [1.165, 1.54) is 0 Å². The zero-order valence-electron chi connectivity index (χ0n) is 25.2. The zero-order chi connectivity index (χ0) is 32.4. The van der Waals surface area contributed by atoms with E-state index in [9.17, 15) is 19.2 Å². The van der Waals surface area contributed by atoms with E-state index >= 15 is 0 Å². The molecule has 0 heterocycles. The average molecular weight is 617 g/mol. The third-order valence-electron chi connectivity index (χ3n) is 6.10. The fourth-order valence-corrected chi connectivity index (χ4v) is 3.79. The Labute approximate surface area is 262 Å². The Balaban J connectivity index is 1.38. The van der Waals surface area contributed by atoms with Crippen LogP contribution in [0.5, 0.6) is 17.2 Å². The molecule has 3 aromatic rings. The molecule has 0 bridgehead atoms. The van der Waals surface area contributed by atoms with E-state index in [4.69, 9.17) is 28.4 Å². The van der Waals surface area contributed by atoms with Gasteiger partial charge in [0.25, 0.3) is 0 Å². The van der Waals surface area contributed by atoms with Gasteiger partial charge in [-0.3, -0.25) is 4.79 Å². The third kappa shape index (κ3) is 12.0. The van der Waals surface area contributed by atoms with Crippen molar-refractivity contribution in [2.45, 2.75) is 26.2 Å². The third-order valence-corrected chi connectivity index (χ3v) is 6.10. The molecule has 0 N–H and O–H groups in total. The molecule has 3 rings (SSSR count). The molecule has 236 valence electrons. The number of esters is 4. The summed E-state index contributed by atoms with van der Waals surface area (Å²) in [6.45, 7) is 9.65. The number of carbonyl (C=O) groups excluding carboxylic acids is 4. The Hall–Kier alpha value is -5.38. The summed E-state index contributed by atoms with van der Waals surface area (Å²) < 4.78 is 31.5. The van der Waals surface area contributed by atoms with Crippen molar-refractivity contribution in [1.29, 1.82) is 0 Å². The zero-order valence-corrected chi connectivity index (χ0v) is 25.2. The van der Waals surface area contributed by atoms with E-state index in [0.717, 1.165) is 29.4 Å². The van der Waals surface area contributed by atoms with Crippen molar-refractivity contribution in [2.75, 3.05) is 33.0 Å². The lowest BCUT2D eigenvalue weighted by Gasteiger charge is -2.10. The van der Waals surface area contributed by atoms with Crippen molar-refractivity contribution < 1.29 is 47.6 Å². The number of hydrogen-bond donors (Lipinski definition) is 0. The number of rotatable bonds is 18. The first-order valence-corrected chi connectivity index (χ1v) is 14.4. The first-order chi connectivity index (χ1) is 21.8. The molecule has 0 radical (unpaired) electrons. The van der Waals surface area contributed by atoms with Gasteiger partial charge in [-0.1, -0.05) is 37.4 Å². The number of ether oxygens (including phenoxy) is 6. The van der Waals surface area contributed by atoms with E-state index in [1.54, 1.807) is 43.3 Å². The van der Waals surface area contributed by atoms with Gasteiger partial charge >= 0.3 is 23.9 Å². The van der Waals surface area contributed by atoms with Gasteiger partial charge in [-0.05, 0) is 79.4 Å². The lowest BCUT2D eigenvalue weighted by Crippen LogP contribution is -2.16. The summed E-state index contributed by atoms with van der Waals surface area (Å²) in [5.41, 5.74) is 2.26. The Morgan fingerprint density at radius 2 is 1.22 bits per heavy atom. The van der Waals surface area contributed by atoms with Crippen LogP contribution >= 0.6 is 0 Å². The quantitative estimate of drug-likeness (QED) is 0.0562. The topological polar surface area (TPSA) is 124 Å². The minimum atomic E-state index is -0.698. The first kappa shape index (κ1) is 34.1. The van der Waals surface area contributed by atoms with Gasteiger partial charge in [0.1, 0.15) is 30.5 Å². The molecule has 0 aliphatic heterocycles. The summed E-state index contributed by atoms with van der Waals surface area (Å²) in [5, 5.41) is 0. The molecule has 10 heteroatoms. The number of hydrogen-bond acceptors (Lipinski definition) is 10. The molecule has 0 amide bonds. The number of benzene rings is 3. The van der Waals surface area contributed by atoms with Crippen LogP contribution in [-0.2, 0) is 28.6 Å². The van der Waals surface area contributed by atoms with Gasteiger partial charge in [-0.15, -0.1) is 0 Å². The van der Waals surface area contributed by atoms with Crippen molar-refractivity contribution in [1.82, 2.24) is 0 Å². The summed E-state index contributed by atoms with van der Waals surface area (Å²) in [6.07, 6.45) is 2.36. The molecule has 0 unspecified atom stereocenters. The Kier molecular flexibility index (Phi) is 13.9. The van der Waals surface area contributed by atoms with Gasteiger partial charge in [0.2, 0.25) is 0 Å². The molecule has 0 aliphatic rings. The molecule has 0 fully saturated rings. The van der Waals surface area contributed by atoms with Crippen LogP contribution in [0.3, 0.4) is 0 Å². The number of unbranched alkanes of at least 4 members (excludes halogenated alkanes) is 1. The normalized spacial score (nSPS) is 10.2. The molecular formula is C35H36O10. The fraction of sp³-hybridized carbons (Fsp3) is 0.257. The fourth-order valence-electron chi connectivity index (χ4n) is 3.79. The summed E-state index contributed by atoms with van der Waals surface area (Å²) in [4.78, 5) is 47.0. The van der Waals surface area contributed by atoms with Crippen molar-refractivity contribution in [3.8, 4) is 28.4 Å². The van der Waals surface area contributed by atoms with E-state index < -0.39 is 23.9 Å². The van der Waals surface area contributed by atoms with Gasteiger partial charge in [-0.2, -0.15) is 0 Å². The maximum Gasteiger partial charge on any atom is 0.343 e. The molecule has 0 aliphatic carbocycles. The van der Waals surface area contributed by atoms with Gasteiger partial charge in [0.15, 0.2) is 0 Å². The van der Waals surface area contributed by atoms with Crippen molar-refractivity contribution in [2.24, 2.45) is 0 Å². The van der Waals surface area contributed by atoms with Crippen LogP contribution in [0.1, 0.15) is 36.5 Å². The highest BCUT2D eigenvalue weighted by Crippen LogP contribution is 2.25. The van der Waals surface area contributed by atoms with Gasteiger partial charge < -0.3 is 28.4 Å². The monoisotopic (exact) mass is 616 g/mol. The highest BCUT2D eigenvalue weighted by molar-refractivity contribution is 5.93. The van der Waals surface area contributed by atoms with Gasteiger partial charge in [0.05, 0.1) is 31.8 Å². The van der Waals surface area contributed by atoms with E-state index in [0.29, 0.717) is 36.7 Å². The Bertz CT molecular complexity index is 1440. The van der Waals surface area contributed by atoms with Crippen molar-refractivity contribution >= 4 is 23.9 Å². The minimum Gasteiger partial charge on any atom is -0.494 e. The summed E-state index contributed by atoms with van der Waals surface area (Å²) in [7, 11) is 0. The molecule has 0 spiro atoms. The Morgan fingerprint density at radius 1 is 0.667 bits per heavy atom. The van der Waals surface area contributed by atoms with E-state index in [-0.39, 0.29) is 31.8 Å². The van der Waals surface area contributed by atoms with Gasteiger partial charge in [0, 0.05) is 11.6 Å². The number of carbonyl (C=O) groups is 4. The maximum absolute atomic E-state index is 12.6. The highest BCUT2D eigenvalue weighted by Gasteiger charge is 2.14. The molecule has 45 heavy (non-hydrogen) atoms. The summed E-state index contributed by atoms with van der Waals surface area (Å²) in [5.74, 6) is -0.587. The van der Waals surface area contributed by atoms with Crippen LogP contribution < -0.4 is 14.2 Å². The van der Waals surface area contributed by atoms with Crippen LogP contribution in [0.4, 0.5) is 0 Å².